The van der Waals surface area contributed by atoms with Crippen molar-refractivity contribution in [2.75, 3.05) is 27.2 Å². The van der Waals surface area contributed by atoms with Crippen LogP contribution in [-0.2, 0) is 4.74 Å². The third-order valence-corrected chi connectivity index (χ3v) is 5.21. The van der Waals surface area contributed by atoms with Crippen LogP contribution >= 0.6 is 23.2 Å². The minimum Gasteiger partial charge on any atom is -0.377 e. The molecule has 1 N–H and O–H groups in total. The van der Waals surface area contributed by atoms with Gasteiger partial charge in [-0.05, 0) is 45.5 Å². The van der Waals surface area contributed by atoms with Crippen molar-refractivity contribution in [3.63, 3.8) is 0 Å². The van der Waals surface area contributed by atoms with Crippen molar-refractivity contribution < 1.29 is 4.74 Å². The van der Waals surface area contributed by atoms with Gasteiger partial charge < -0.3 is 15.0 Å². The molecule has 1 heterocycles. The van der Waals surface area contributed by atoms with E-state index in [2.05, 4.69) is 24.2 Å². The Bertz CT molecular complexity index is 470. The summed E-state index contributed by atoms with van der Waals surface area (Å²) in [4.78, 5) is 2.39. The van der Waals surface area contributed by atoms with Crippen LogP contribution in [0.15, 0.2) is 18.2 Å². The van der Waals surface area contributed by atoms with Gasteiger partial charge in [-0.15, -0.1) is 0 Å². The molecule has 0 amide bonds. The molecule has 3 unspecified atom stereocenters. The molecule has 1 aliphatic heterocycles. The van der Waals surface area contributed by atoms with Gasteiger partial charge in [-0.3, -0.25) is 0 Å². The van der Waals surface area contributed by atoms with Gasteiger partial charge in [-0.2, -0.15) is 0 Å². The first kappa shape index (κ1) is 17.0. The second-order valence-electron chi connectivity index (χ2n) is 5.69. The number of nitrogens with one attached hydrogen (secondary N) is 1. The molecule has 1 fully saturated rings. The van der Waals surface area contributed by atoms with Gasteiger partial charge in [0.25, 0.3) is 0 Å². The molecule has 0 saturated carbocycles. The molecule has 0 aromatic heterocycles. The monoisotopic (exact) mass is 330 g/mol. The van der Waals surface area contributed by atoms with E-state index in [4.69, 9.17) is 27.9 Å². The van der Waals surface area contributed by atoms with Gasteiger partial charge in [-0.25, -0.2) is 0 Å². The van der Waals surface area contributed by atoms with Crippen LogP contribution in [0.5, 0.6) is 0 Å². The molecule has 0 aliphatic carbocycles. The van der Waals surface area contributed by atoms with Crippen LogP contribution in [0.25, 0.3) is 0 Å². The zero-order valence-corrected chi connectivity index (χ0v) is 14.4. The van der Waals surface area contributed by atoms with E-state index >= 15 is 0 Å². The number of hydrogen-bond acceptors (Lipinski definition) is 3. The summed E-state index contributed by atoms with van der Waals surface area (Å²) >= 11 is 12.4. The highest BCUT2D eigenvalue weighted by atomic mass is 35.5. The summed E-state index contributed by atoms with van der Waals surface area (Å²) in [6.07, 6.45) is 2.41. The minimum absolute atomic E-state index is 0.205. The van der Waals surface area contributed by atoms with Gasteiger partial charge in [0.05, 0.1) is 16.1 Å². The third kappa shape index (κ3) is 4.11. The molecule has 1 aliphatic rings. The fraction of sp³-hybridized carbons (Fsp3) is 0.625. The van der Waals surface area contributed by atoms with Crippen LogP contribution in [-0.4, -0.2) is 44.3 Å². The van der Waals surface area contributed by atoms with Gasteiger partial charge in [-0.1, -0.05) is 35.3 Å². The van der Waals surface area contributed by atoms with E-state index in [-0.39, 0.29) is 6.04 Å². The van der Waals surface area contributed by atoms with Gasteiger partial charge >= 0.3 is 0 Å². The largest absolute Gasteiger partial charge is 0.377 e. The lowest BCUT2D eigenvalue weighted by molar-refractivity contribution is 0.0824. The first-order valence-corrected chi connectivity index (χ1v) is 8.23. The number of rotatable bonds is 6. The lowest BCUT2D eigenvalue weighted by Gasteiger charge is -2.28. The van der Waals surface area contributed by atoms with Gasteiger partial charge in [0.1, 0.15) is 0 Å². The molecular weight excluding hydrogens is 307 g/mol. The Labute approximate surface area is 137 Å². The fourth-order valence-electron chi connectivity index (χ4n) is 3.04. The first-order valence-electron chi connectivity index (χ1n) is 7.47. The second kappa shape index (κ2) is 7.80. The first-order chi connectivity index (χ1) is 10.0. The Morgan fingerprint density at radius 3 is 2.81 bits per heavy atom. The predicted molar refractivity (Wildman–Crippen MR) is 89.3 cm³/mol. The molecule has 21 heavy (non-hydrogen) atoms. The van der Waals surface area contributed by atoms with Crippen molar-refractivity contribution in [3.8, 4) is 0 Å². The minimum atomic E-state index is 0.205. The molecule has 5 heteroatoms. The summed E-state index contributed by atoms with van der Waals surface area (Å²) in [5.74, 6) is 0. The molecule has 1 aromatic rings. The molecule has 0 radical (unpaired) electrons. The fourth-order valence-corrected chi connectivity index (χ4v) is 3.48. The second-order valence-corrected chi connectivity index (χ2v) is 6.47. The Morgan fingerprint density at radius 2 is 2.19 bits per heavy atom. The van der Waals surface area contributed by atoms with E-state index in [1.54, 1.807) is 0 Å². The lowest BCUT2D eigenvalue weighted by atomic mass is 10.0. The molecule has 0 spiro atoms. The summed E-state index contributed by atoms with van der Waals surface area (Å²) in [7, 11) is 4.13. The van der Waals surface area contributed by atoms with Crippen molar-refractivity contribution in [3.05, 3.63) is 33.8 Å². The van der Waals surface area contributed by atoms with Crippen LogP contribution in [0.1, 0.15) is 31.4 Å². The maximum absolute atomic E-state index is 6.33. The van der Waals surface area contributed by atoms with Crippen molar-refractivity contribution in [2.24, 2.45) is 0 Å². The SMILES string of the molecule is CNC(CCN(C)C1CCOC1C)c1cccc(Cl)c1Cl. The highest BCUT2D eigenvalue weighted by molar-refractivity contribution is 6.42. The maximum Gasteiger partial charge on any atom is 0.0702 e. The van der Waals surface area contributed by atoms with Crippen LogP contribution in [0.2, 0.25) is 10.0 Å². The number of ether oxygens (including phenoxy) is 1. The van der Waals surface area contributed by atoms with E-state index < -0.39 is 0 Å². The van der Waals surface area contributed by atoms with E-state index in [1.165, 1.54) is 0 Å². The van der Waals surface area contributed by atoms with Crippen LogP contribution < -0.4 is 5.32 Å². The topological polar surface area (TPSA) is 24.5 Å². The number of benzene rings is 1. The summed E-state index contributed by atoms with van der Waals surface area (Å²) in [5, 5.41) is 4.61. The average molecular weight is 331 g/mol. The Hall–Kier alpha value is -0.320. The number of halogens is 2. The van der Waals surface area contributed by atoms with Crippen molar-refractivity contribution in [2.45, 2.75) is 38.0 Å². The molecule has 118 valence electrons. The molecule has 3 nitrogen and oxygen atoms in total. The lowest BCUT2D eigenvalue weighted by Crippen LogP contribution is -2.38. The normalized spacial score (nSPS) is 23.7. The summed E-state index contributed by atoms with van der Waals surface area (Å²) in [6.45, 7) is 4.01. The molecule has 2 rings (SSSR count). The highest BCUT2D eigenvalue weighted by Gasteiger charge is 2.28. The zero-order valence-electron chi connectivity index (χ0n) is 12.9. The summed E-state index contributed by atoms with van der Waals surface area (Å²) in [6, 6.07) is 6.53. The predicted octanol–water partition coefficient (Wildman–Crippen LogP) is 3.75. The molecule has 0 bridgehead atoms. The number of hydrogen-bond donors (Lipinski definition) is 1. The van der Waals surface area contributed by atoms with Crippen LogP contribution in [0, 0.1) is 0 Å². The van der Waals surface area contributed by atoms with E-state index in [1.807, 2.05) is 25.2 Å². The molecular formula is C16H24Cl2N2O. The Morgan fingerprint density at radius 1 is 1.43 bits per heavy atom. The van der Waals surface area contributed by atoms with Crippen molar-refractivity contribution >= 4 is 23.2 Å². The maximum atomic E-state index is 6.33. The summed E-state index contributed by atoms with van der Waals surface area (Å²) in [5.41, 5.74) is 1.07. The number of nitrogens with zero attached hydrogens (tertiary/aromatic N) is 1. The van der Waals surface area contributed by atoms with E-state index in [0.29, 0.717) is 22.2 Å². The van der Waals surface area contributed by atoms with Crippen molar-refractivity contribution in [1.29, 1.82) is 0 Å². The highest BCUT2D eigenvalue weighted by Crippen LogP contribution is 2.31. The zero-order chi connectivity index (χ0) is 15.4. The molecule has 1 aromatic carbocycles. The smallest absolute Gasteiger partial charge is 0.0702 e. The van der Waals surface area contributed by atoms with Gasteiger partial charge in [0.15, 0.2) is 0 Å². The van der Waals surface area contributed by atoms with Crippen LogP contribution in [0.4, 0.5) is 0 Å². The Balaban J connectivity index is 1.98. The van der Waals surface area contributed by atoms with Crippen molar-refractivity contribution in [1.82, 2.24) is 10.2 Å². The van der Waals surface area contributed by atoms with Crippen LogP contribution in [0.3, 0.4) is 0 Å². The summed E-state index contributed by atoms with van der Waals surface area (Å²) < 4.78 is 5.64. The third-order valence-electron chi connectivity index (χ3n) is 4.38. The quantitative estimate of drug-likeness (QED) is 0.859. The van der Waals surface area contributed by atoms with E-state index in [9.17, 15) is 0 Å². The van der Waals surface area contributed by atoms with Gasteiger partial charge in [0, 0.05) is 25.2 Å². The number of likely N-dealkylation sites (N-methyl/N-ethyl adjacent to an activating group) is 1. The standard InChI is InChI=1S/C16H24Cl2N2O/c1-11-15(8-10-21-11)20(3)9-7-14(19-2)12-5-4-6-13(17)16(12)18/h4-6,11,14-15,19H,7-10H2,1-3H3. The Kier molecular flexibility index (Phi) is 6.33. The van der Waals surface area contributed by atoms with E-state index in [0.717, 1.165) is 31.6 Å². The van der Waals surface area contributed by atoms with Gasteiger partial charge in [0.2, 0.25) is 0 Å². The molecule has 3 atom stereocenters. The average Bonchev–Trinajstić information content (AvgIpc) is 2.90. The molecule has 1 saturated heterocycles.